The second-order valence-corrected chi connectivity index (χ2v) is 5.99. The number of hydroxylamine groups is 2. The fraction of sp³-hybridized carbons (Fsp3) is 0.917. The zero-order chi connectivity index (χ0) is 12.2. The minimum atomic E-state index is -0.193. The van der Waals surface area contributed by atoms with Crippen LogP contribution < -0.4 is 0 Å². The highest BCUT2D eigenvalue weighted by Gasteiger charge is 2.58. The van der Waals surface area contributed by atoms with Crippen LogP contribution in [0.4, 0.5) is 0 Å². The molecule has 3 saturated heterocycles. The SMILES string of the molecule is CC(C)(C)O[C@H]1CCN2O[C@H]3COC(=O)[C@H]3[C@H]12. The predicted octanol–water partition coefficient (Wildman–Crippen LogP) is 0.731. The molecule has 3 aliphatic rings. The lowest BCUT2D eigenvalue weighted by atomic mass is 9.93. The average Bonchev–Trinajstić information content (AvgIpc) is 2.80. The van der Waals surface area contributed by atoms with Gasteiger partial charge in [0.1, 0.15) is 18.6 Å². The van der Waals surface area contributed by atoms with E-state index in [0.29, 0.717) is 6.61 Å². The van der Waals surface area contributed by atoms with Crippen LogP contribution in [-0.2, 0) is 19.1 Å². The number of rotatable bonds is 1. The molecule has 0 saturated carbocycles. The van der Waals surface area contributed by atoms with Gasteiger partial charge in [-0.1, -0.05) is 0 Å². The Kier molecular flexibility index (Phi) is 2.47. The van der Waals surface area contributed by atoms with E-state index >= 15 is 0 Å². The molecule has 0 aromatic heterocycles. The number of hydrogen-bond acceptors (Lipinski definition) is 5. The molecule has 5 nitrogen and oxygen atoms in total. The topological polar surface area (TPSA) is 48.0 Å². The molecule has 0 radical (unpaired) electrons. The third-order valence-corrected chi connectivity index (χ3v) is 3.55. The highest BCUT2D eigenvalue weighted by molar-refractivity contribution is 5.76. The second kappa shape index (κ2) is 3.67. The number of hydrogen-bond donors (Lipinski definition) is 0. The lowest BCUT2D eigenvalue weighted by Gasteiger charge is -2.29. The van der Waals surface area contributed by atoms with Crippen LogP contribution in [0.3, 0.4) is 0 Å². The molecule has 3 rings (SSSR count). The maximum absolute atomic E-state index is 11.7. The van der Waals surface area contributed by atoms with Crippen LogP contribution >= 0.6 is 0 Å². The zero-order valence-electron chi connectivity index (χ0n) is 10.5. The van der Waals surface area contributed by atoms with Crippen LogP contribution in [0.15, 0.2) is 0 Å². The zero-order valence-corrected chi connectivity index (χ0v) is 10.5. The van der Waals surface area contributed by atoms with Crippen LogP contribution in [0.1, 0.15) is 27.2 Å². The van der Waals surface area contributed by atoms with Crippen LogP contribution in [0.5, 0.6) is 0 Å². The Balaban J connectivity index is 1.78. The van der Waals surface area contributed by atoms with E-state index in [2.05, 4.69) is 0 Å². The lowest BCUT2D eigenvalue weighted by molar-refractivity contribution is -0.172. The molecule has 0 N–H and O–H groups in total. The third-order valence-electron chi connectivity index (χ3n) is 3.55. The van der Waals surface area contributed by atoms with Gasteiger partial charge in [-0.3, -0.25) is 9.63 Å². The Hall–Kier alpha value is -0.650. The quantitative estimate of drug-likeness (QED) is 0.633. The summed E-state index contributed by atoms with van der Waals surface area (Å²) in [5.41, 5.74) is -0.193. The summed E-state index contributed by atoms with van der Waals surface area (Å²) in [5, 5.41) is 1.92. The Morgan fingerprint density at radius 3 is 2.88 bits per heavy atom. The van der Waals surface area contributed by atoms with E-state index in [-0.39, 0.29) is 35.7 Å². The summed E-state index contributed by atoms with van der Waals surface area (Å²) in [5.74, 6) is -0.295. The molecule has 17 heavy (non-hydrogen) atoms. The van der Waals surface area contributed by atoms with E-state index in [1.165, 1.54) is 0 Å². The summed E-state index contributed by atoms with van der Waals surface area (Å²) in [6, 6.07) is 0.0363. The van der Waals surface area contributed by atoms with E-state index in [0.717, 1.165) is 13.0 Å². The molecule has 0 aromatic carbocycles. The molecule has 3 fully saturated rings. The highest BCUT2D eigenvalue weighted by atomic mass is 16.7. The number of cyclic esters (lactones) is 1. The van der Waals surface area contributed by atoms with Crippen molar-refractivity contribution in [2.24, 2.45) is 5.92 Å². The molecule has 4 atom stereocenters. The Bertz CT molecular complexity index is 338. The minimum absolute atomic E-state index is 0.0363. The van der Waals surface area contributed by atoms with Crippen molar-refractivity contribution in [3.05, 3.63) is 0 Å². The summed E-state index contributed by atoms with van der Waals surface area (Å²) in [7, 11) is 0. The van der Waals surface area contributed by atoms with Crippen molar-refractivity contribution in [1.29, 1.82) is 0 Å². The molecule has 3 aliphatic heterocycles. The fourth-order valence-electron chi connectivity index (χ4n) is 3.02. The summed E-state index contributed by atoms with van der Waals surface area (Å²) in [4.78, 5) is 17.5. The van der Waals surface area contributed by atoms with Gasteiger partial charge in [0, 0.05) is 6.54 Å². The lowest BCUT2D eigenvalue weighted by Crippen LogP contribution is -2.41. The molecule has 0 aliphatic carbocycles. The first kappa shape index (κ1) is 11.4. The molecule has 3 heterocycles. The van der Waals surface area contributed by atoms with Crippen LogP contribution in [0.2, 0.25) is 0 Å². The van der Waals surface area contributed by atoms with Gasteiger partial charge in [0.15, 0.2) is 0 Å². The normalized spacial score (nSPS) is 41.5. The third kappa shape index (κ3) is 1.86. The van der Waals surface area contributed by atoms with Gasteiger partial charge in [-0.25, -0.2) is 0 Å². The second-order valence-electron chi connectivity index (χ2n) is 5.99. The summed E-state index contributed by atoms with van der Waals surface area (Å²) < 4.78 is 11.1. The van der Waals surface area contributed by atoms with Crippen molar-refractivity contribution in [3.8, 4) is 0 Å². The van der Waals surface area contributed by atoms with Crippen LogP contribution in [-0.4, -0.2) is 48.0 Å². The minimum Gasteiger partial charge on any atom is -0.462 e. The van der Waals surface area contributed by atoms with Crippen molar-refractivity contribution in [1.82, 2.24) is 5.06 Å². The molecular weight excluding hydrogens is 222 g/mol. The first-order chi connectivity index (χ1) is 7.96. The Morgan fingerprint density at radius 2 is 2.18 bits per heavy atom. The summed E-state index contributed by atoms with van der Waals surface area (Å²) in [6.45, 7) is 7.34. The molecule has 96 valence electrons. The van der Waals surface area contributed by atoms with E-state index in [9.17, 15) is 4.79 Å². The van der Waals surface area contributed by atoms with Crippen LogP contribution in [0.25, 0.3) is 0 Å². The molecule has 0 amide bonds. The highest BCUT2D eigenvalue weighted by Crippen LogP contribution is 2.41. The first-order valence-corrected chi connectivity index (χ1v) is 6.23. The largest absolute Gasteiger partial charge is 0.462 e. The number of carbonyl (C=O) groups excluding carboxylic acids is 1. The first-order valence-electron chi connectivity index (χ1n) is 6.23. The average molecular weight is 241 g/mol. The van der Waals surface area contributed by atoms with E-state index in [4.69, 9.17) is 14.3 Å². The van der Waals surface area contributed by atoms with E-state index < -0.39 is 0 Å². The Labute approximate surface area is 101 Å². The van der Waals surface area contributed by atoms with Gasteiger partial charge in [0.05, 0.1) is 17.7 Å². The van der Waals surface area contributed by atoms with Crippen LogP contribution in [0, 0.1) is 5.92 Å². The van der Waals surface area contributed by atoms with Gasteiger partial charge in [-0.2, -0.15) is 5.06 Å². The van der Waals surface area contributed by atoms with Crippen molar-refractivity contribution < 1.29 is 19.1 Å². The predicted molar refractivity (Wildman–Crippen MR) is 59.1 cm³/mol. The van der Waals surface area contributed by atoms with Gasteiger partial charge in [-0.05, 0) is 27.2 Å². The number of ether oxygens (including phenoxy) is 2. The summed E-state index contributed by atoms with van der Waals surface area (Å²) in [6.07, 6.45) is 0.882. The summed E-state index contributed by atoms with van der Waals surface area (Å²) >= 11 is 0. The number of carbonyl (C=O) groups is 1. The van der Waals surface area contributed by atoms with E-state index in [1.54, 1.807) is 0 Å². The standard InChI is InChI=1S/C12H19NO4/c1-12(2,3)16-7-4-5-13-10(7)9-8(17-13)6-15-11(9)14/h7-10H,4-6H2,1-3H3/t7-,8-,9+,10-/m0/s1. The van der Waals surface area contributed by atoms with E-state index in [1.807, 2.05) is 25.8 Å². The van der Waals surface area contributed by atoms with Gasteiger partial charge < -0.3 is 9.47 Å². The number of nitrogens with zero attached hydrogens (tertiary/aromatic N) is 1. The Morgan fingerprint density at radius 1 is 1.41 bits per heavy atom. The van der Waals surface area contributed by atoms with Crippen molar-refractivity contribution in [2.75, 3.05) is 13.2 Å². The maximum Gasteiger partial charge on any atom is 0.313 e. The molecular formula is C12H19NO4. The molecule has 0 unspecified atom stereocenters. The monoisotopic (exact) mass is 241 g/mol. The van der Waals surface area contributed by atoms with Crippen molar-refractivity contribution in [3.63, 3.8) is 0 Å². The molecule has 0 aromatic rings. The smallest absolute Gasteiger partial charge is 0.313 e. The number of esters is 1. The molecule has 5 heteroatoms. The van der Waals surface area contributed by atoms with Gasteiger partial charge in [-0.15, -0.1) is 0 Å². The molecule has 0 spiro atoms. The van der Waals surface area contributed by atoms with Crippen molar-refractivity contribution in [2.45, 2.75) is 51.0 Å². The van der Waals surface area contributed by atoms with Crippen molar-refractivity contribution >= 4 is 5.97 Å². The molecule has 0 bridgehead atoms. The maximum atomic E-state index is 11.7. The van der Waals surface area contributed by atoms with Gasteiger partial charge in [0.2, 0.25) is 0 Å². The van der Waals surface area contributed by atoms with Gasteiger partial charge in [0.25, 0.3) is 0 Å². The number of fused-ring (bicyclic) bond motifs is 3. The fourth-order valence-corrected chi connectivity index (χ4v) is 3.02. The van der Waals surface area contributed by atoms with Gasteiger partial charge >= 0.3 is 5.97 Å².